The van der Waals surface area contributed by atoms with Gasteiger partial charge in [0.1, 0.15) is 0 Å². The molecule has 0 saturated heterocycles. The molecule has 0 aliphatic carbocycles. The maximum Gasteiger partial charge on any atom is 0.279 e. The second-order valence-electron chi connectivity index (χ2n) is 4.61. The number of halogens is 1. The fourth-order valence-electron chi connectivity index (χ4n) is 1.95. The third kappa shape index (κ3) is 3.69. The molecule has 118 valence electrons. The number of carbonyl (C=O) groups excluding carboxylic acids is 1. The van der Waals surface area contributed by atoms with E-state index in [-0.39, 0.29) is 11.1 Å². The predicted octanol–water partition coefficient (Wildman–Crippen LogP) is 3.83. The summed E-state index contributed by atoms with van der Waals surface area (Å²) in [6.45, 7) is 1.37. The summed E-state index contributed by atoms with van der Waals surface area (Å²) in [4.78, 5) is 32.7. The fourth-order valence-corrected chi connectivity index (χ4v) is 2.21. The van der Waals surface area contributed by atoms with Gasteiger partial charge in [-0.1, -0.05) is 15.9 Å². The highest BCUT2D eigenvalue weighted by atomic mass is 79.9. The first-order chi connectivity index (χ1) is 10.8. The molecule has 1 N–H and O–H groups in total. The van der Waals surface area contributed by atoms with Gasteiger partial charge in [0, 0.05) is 21.8 Å². The number of nitro groups is 2. The molecule has 1 amide bonds. The Morgan fingerprint density at radius 1 is 1.09 bits per heavy atom. The Balaban J connectivity index is 2.44. The maximum absolute atomic E-state index is 12.3. The SMILES string of the molecule is Cc1c(C(=O)Nc2ccc(Br)cc2)cc([N+](=O)[O-])cc1[N+](=O)[O-]. The number of nitrogens with zero attached hydrogens (tertiary/aromatic N) is 2. The lowest BCUT2D eigenvalue weighted by molar-refractivity contribution is -0.394. The Morgan fingerprint density at radius 3 is 2.22 bits per heavy atom. The van der Waals surface area contributed by atoms with Crippen LogP contribution in [0.15, 0.2) is 40.9 Å². The Hall–Kier alpha value is -2.81. The molecule has 8 nitrogen and oxygen atoms in total. The van der Waals surface area contributed by atoms with Crippen molar-refractivity contribution >= 4 is 38.9 Å². The van der Waals surface area contributed by atoms with Gasteiger partial charge in [0.25, 0.3) is 17.3 Å². The minimum atomic E-state index is -0.775. The number of non-ortho nitro benzene ring substituents is 1. The van der Waals surface area contributed by atoms with Crippen LogP contribution in [0.3, 0.4) is 0 Å². The van der Waals surface area contributed by atoms with Crippen LogP contribution in [-0.2, 0) is 0 Å². The van der Waals surface area contributed by atoms with Crippen molar-refractivity contribution in [3.8, 4) is 0 Å². The fraction of sp³-hybridized carbons (Fsp3) is 0.0714. The van der Waals surface area contributed by atoms with Crippen molar-refractivity contribution in [2.45, 2.75) is 6.92 Å². The van der Waals surface area contributed by atoms with E-state index in [0.717, 1.165) is 16.6 Å². The van der Waals surface area contributed by atoms with E-state index in [1.54, 1.807) is 24.3 Å². The van der Waals surface area contributed by atoms with Crippen LogP contribution in [0.25, 0.3) is 0 Å². The minimum Gasteiger partial charge on any atom is -0.322 e. The molecule has 0 radical (unpaired) electrons. The molecule has 2 aromatic rings. The molecule has 0 aliphatic heterocycles. The Morgan fingerprint density at radius 2 is 1.70 bits per heavy atom. The Labute approximate surface area is 138 Å². The van der Waals surface area contributed by atoms with Crippen molar-refractivity contribution in [3.05, 3.63) is 72.2 Å². The van der Waals surface area contributed by atoms with Gasteiger partial charge >= 0.3 is 0 Å². The molecule has 23 heavy (non-hydrogen) atoms. The molecular formula is C14H10BrN3O5. The normalized spacial score (nSPS) is 10.2. The summed E-state index contributed by atoms with van der Waals surface area (Å²) in [5.41, 5.74) is -0.570. The average molecular weight is 380 g/mol. The standard InChI is InChI=1S/C14H10BrN3O5/c1-8-12(6-11(17(20)21)7-13(8)18(22)23)14(19)16-10-4-2-9(15)3-5-10/h2-7H,1H3,(H,16,19). The molecule has 0 fully saturated rings. The zero-order chi connectivity index (χ0) is 17.1. The van der Waals surface area contributed by atoms with Crippen LogP contribution in [0.5, 0.6) is 0 Å². The number of amides is 1. The van der Waals surface area contributed by atoms with Gasteiger partial charge in [0.2, 0.25) is 0 Å². The zero-order valence-electron chi connectivity index (χ0n) is 11.8. The number of benzene rings is 2. The molecule has 0 unspecified atom stereocenters. The van der Waals surface area contributed by atoms with Crippen LogP contribution in [0.1, 0.15) is 15.9 Å². The van der Waals surface area contributed by atoms with Crippen molar-refractivity contribution in [1.82, 2.24) is 0 Å². The number of anilines is 1. The van der Waals surface area contributed by atoms with Crippen molar-refractivity contribution < 1.29 is 14.6 Å². The largest absolute Gasteiger partial charge is 0.322 e. The Kier molecular flexibility index (Phi) is 4.70. The topological polar surface area (TPSA) is 115 Å². The zero-order valence-corrected chi connectivity index (χ0v) is 13.4. The lowest BCUT2D eigenvalue weighted by Crippen LogP contribution is -2.14. The van der Waals surface area contributed by atoms with Gasteiger partial charge in [0.05, 0.1) is 21.5 Å². The van der Waals surface area contributed by atoms with Crippen LogP contribution in [0.4, 0.5) is 17.1 Å². The summed E-state index contributed by atoms with van der Waals surface area (Å²) in [5.74, 6) is -0.656. The van der Waals surface area contributed by atoms with E-state index >= 15 is 0 Å². The smallest absolute Gasteiger partial charge is 0.279 e. The highest BCUT2D eigenvalue weighted by molar-refractivity contribution is 9.10. The van der Waals surface area contributed by atoms with Gasteiger partial charge in [-0.05, 0) is 31.2 Å². The van der Waals surface area contributed by atoms with Crippen molar-refractivity contribution in [3.63, 3.8) is 0 Å². The number of hydrogen-bond acceptors (Lipinski definition) is 5. The monoisotopic (exact) mass is 379 g/mol. The van der Waals surface area contributed by atoms with E-state index in [9.17, 15) is 25.0 Å². The van der Waals surface area contributed by atoms with Crippen molar-refractivity contribution in [1.29, 1.82) is 0 Å². The number of hydrogen-bond donors (Lipinski definition) is 1. The molecular weight excluding hydrogens is 370 g/mol. The number of carbonyl (C=O) groups is 1. The lowest BCUT2D eigenvalue weighted by Gasteiger charge is -2.08. The van der Waals surface area contributed by atoms with E-state index < -0.39 is 27.1 Å². The predicted molar refractivity (Wildman–Crippen MR) is 86.6 cm³/mol. The average Bonchev–Trinajstić information content (AvgIpc) is 2.49. The first-order valence-corrected chi connectivity index (χ1v) is 7.09. The molecule has 0 atom stereocenters. The molecule has 0 heterocycles. The molecule has 2 rings (SSSR count). The van der Waals surface area contributed by atoms with Crippen LogP contribution in [0, 0.1) is 27.2 Å². The highest BCUT2D eigenvalue weighted by Crippen LogP contribution is 2.28. The number of nitrogens with one attached hydrogen (secondary N) is 1. The van der Waals surface area contributed by atoms with E-state index in [2.05, 4.69) is 21.2 Å². The van der Waals surface area contributed by atoms with Gasteiger partial charge in [-0.3, -0.25) is 25.0 Å². The lowest BCUT2D eigenvalue weighted by atomic mass is 10.0. The van der Waals surface area contributed by atoms with Crippen LogP contribution in [0.2, 0.25) is 0 Å². The van der Waals surface area contributed by atoms with Gasteiger partial charge in [0.15, 0.2) is 0 Å². The maximum atomic E-state index is 12.3. The molecule has 2 aromatic carbocycles. The Bertz CT molecular complexity index is 805. The first kappa shape index (κ1) is 16.6. The van der Waals surface area contributed by atoms with Crippen LogP contribution >= 0.6 is 15.9 Å². The highest BCUT2D eigenvalue weighted by Gasteiger charge is 2.24. The summed E-state index contributed by atoms with van der Waals surface area (Å²) >= 11 is 3.26. The minimum absolute atomic E-state index is 0.0650. The van der Waals surface area contributed by atoms with Crippen molar-refractivity contribution in [2.24, 2.45) is 0 Å². The molecule has 0 bridgehead atoms. The van der Waals surface area contributed by atoms with Crippen molar-refractivity contribution in [2.75, 3.05) is 5.32 Å². The molecule has 0 spiro atoms. The second-order valence-corrected chi connectivity index (χ2v) is 5.53. The quantitative estimate of drug-likeness (QED) is 0.639. The third-order valence-electron chi connectivity index (χ3n) is 3.12. The van der Waals surface area contributed by atoms with Crippen LogP contribution < -0.4 is 5.32 Å². The van der Waals surface area contributed by atoms with E-state index in [0.29, 0.717) is 5.69 Å². The van der Waals surface area contributed by atoms with E-state index in [1.165, 1.54) is 6.92 Å². The van der Waals surface area contributed by atoms with Gasteiger partial charge in [-0.15, -0.1) is 0 Å². The summed E-state index contributed by atoms with van der Waals surface area (Å²) < 4.78 is 0.817. The van der Waals surface area contributed by atoms with Gasteiger partial charge < -0.3 is 5.32 Å². The third-order valence-corrected chi connectivity index (χ3v) is 3.65. The molecule has 0 aliphatic rings. The van der Waals surface area contributed by atoms with Gasteiger partial charge in [-0.2, -0.15) is 0 Å². The number of rotatable bonds is 4. The van der Waals surface area contributed by atoms with E-state index in [4.69, 9.17) is 0 Å². The second kappa shape index (κ2) is 6.53. The molecule has 0 saturated carbocycles. The molecule has 9 heteroatoms. The summed E-state index contributed by atoms with van der Waals surface area (Å²) in [6.07, 6.45) is 0. The summed E-state index contributed by atoms with van der Waals surface area (Å²) in [6, 6.07) is 8.53. The molecule has 0 aromatic heterocycles. The summed E-state index contributed by atoms with van der Waals surface area (Å²) in [5, 5.41) is 24.5. The summed E-state index contributed by atoms with van der Waals surface area (Å²) in [7, 11) is 0. The first-order valence-electron chi connectivity index (χ1n) is 6.30. The number of nitro benzene ring substituents is 2. The van der Waals surface area contributed by atoms with Gasteiger partial charge in [-0.25, -0.2) is 0 Å². The van der Waals surface area contributed by atoms with E-state index in [1.807, 2.05) is 0 Å². The van der Waals surface area contributed by atoms with Crippen LogP contribution in [-0.4, -0.2) is 15.8 Å².